The lowest BCUT2D eigenvalue weighted by atomic mass is 10.2. The van der Waals surface area contributed by atoms with E-state index in [2.05, 4.69) is 10.3 Å². The van der Waals surface area contributed by atoms with Crippen molar-refractivity contribution in [2.24, 2.45) is 0 Å². The van der Waals surface area contributed by atoms with Crippen LogP contribution >= 0.6 is 11.3 Å². The maximum atomic E-state index is 13.4. The average molecular weight is 370 g/mol. The first-order valence-electron chi connectivity index (χ1n) is 8.28. The van der Waals surface area contributed by atoms with Gasteiger partial charge in [-0.1, -0.05) is 42.5 Å². The lowest BCUT2D eigenvalue weighted by Crippen LogP contribution is -2.26. The van der Waals surface area contributed by atoms with Crippen LogP contribution in [0.3, 0.4) is 0 Å². The number of aryl methyl sites for hydroxylation is 1. The minimum Gasteiger partial charge on any atom is -0.445 e. The quantitative estimate of drug-likeness (QED) is 0.683. The van der Waals surface area contributed by atoms with Gasteiger partial charge >= 0.3 is 6.09 Å². The number of carbonyl (C=O) groups excluding carboxylic acids is 1. The maximum Gasteiger partial charge on any atom is 0.407 e. The van der Waals surface area contributed by atoms with E-state index in [0.29, 0.717) is 13.0 Å². The molecule has 0 fully saturated rings. The van der Waals surface area contributed by atoms with Crippen LogP contribution in [0.5, 0.6) is 0 Å². The Morgan fingerprint density at radius 3 is 2.77 bits per heavy atom. The molecule has 0 radical (unpaired) electrons. The van der Waals surface area contributed by atoms with Crippen molar-refractivity contribution in [3.63, 3.8) is 0 Å². The highest BCUT2D eigenvalue weighted by Gasteiger charge is 2.11. The molecule has 1 aromatic heterocycles. The van der Waals surface area contributed by atoms with Crippen LogP contribution in [0.2, 0.25) is 0 Å². The van der Waals surface area contributed by atoms with E-state index in [9.17, 15) is 9.18 Å². The van der Waals surface area contributed by atoms with Crippen molar-refractivity contribution >= 4 is 17.4 Å². The Hall–Kier alpha value is -2.73. The van der Waals surface area contributed by atoms with Crippen molar-refractivity contribution < 1.29 is 13.9 Å². The Morgan fingerprint density at radius 2 is 2.00 bits per heavy atom. The van der Waals surface area contributed by atoms with Crippen LogP contribution < -0.4 is 5.32 Å². The van der Waals surface area contributed by atoms with Gasteiger partial charge in [0.1, 0.15) is 17.4 Å². The second kappa shape index (κ2) is 8.58. The smallest absolute Gasteiger partial charge is 0.407 e. The first kappa shape index (κ1) is 18.1. The number of nitrogens with one attached hydrogen (secondary N) is 1. The molecule has 1 heterocycles. The van der Waals surface area contributed by atoms with E-state index in [0.717, 1.165) is 26.7 Å². The van der Waals surface area contributed by atoms with E-state index in [1.54, 1.807) is 6.07 Å². The second-order valence-electron chi connectivity index (χ2n) is 5.78. The fourth-order valence-electron chi connectivity index (χ4n) is 2.46. The summed E-state index contributed by atoms with van der Waals surface area (Å²) >= 11 is 1.51. The van der Waals surface area contributed by atoms with Gasteiger partial charge in [-0.2, -0.15) is 0 Å². The van der Waals surface area contributed by atoms with Gasteiger partial charge in [-0.3, -0.25) is 0 Å². The highest BCUT2D eigenvalue weighted by Crippen LogP contribution is 2.28. The van der Waals surface area contributed by atoms with Crippen LogP contribution in [-0.4, -0.2) is 17.6 Å². The number of alkyl carbamates (subject to hydrolysis) is 1. The number of halogens is 1. The van der Waals surface area contributed by atoms with Crippen LogP contribution in [0.1, 0.15) is 16.1 Å². The highest BCUT2D eigenvalue weighted by molar-refractivity contribution is 7.15. The van der Waals surface area contributed by atoms with E-state index in [1.165, 1.54) is 23.5 Å². The topological polar surface area (TPSA) is 51.2 Å². The summed E-state index contributed by atoms with van der Waals surface area (Å²) in [7, 11) is 0. The molecule has 134 valence electrons. The molecule has 6 heteroatoms. The van der Waals surface area contributed by atoms with Crippen molar-refractivity contribution in [3.8, 4) is 10.6 Å². The van der Waals surface area contributed by atoms with Gasteiger partial charge in [0.25, 0.3) is 0 Å². The summed E-state index contributed by atoms with van der Waals surface area (Å²) < 4.78 is 18.5. The Labute approximate surface area is 155 Å². The van der Waals surface area contributed by atoms with Crippen molar-refractivity contribution in [2.75, 3.05) is 6.54 Å². The van der Waals surface area contributed by atoms with Crippen molar-refractivity contribution in [1.29, 1.82) is 0 Å². The molecule has 0 aliphatic carbocycles. The number of ether oxygens (including phenoxy) is 1. The fourth-order valence-corrected chi connectivity index (χ4v) is 3.52. The Balaban J connectivity index is 1.50. The second-order valence-corrected chi connectivity index (χ2v) is 6.86. The molecule has 0 spiro atoms. The molecule has 1 amide bonds. The zero-order valence-electron chi connectivity index (χ0n) is 14.4. The molecule has 0 saturated carbocycles. The fraction of sp³-hybridized carbons (Fsp3) is 0.200. The minimum atomic E-state index is -0.443. The largest absolute Gasteiger partial charge is 0.445 e. The van der Waals surface area contributed by atoms with E-state index in [4.69, 9.17) is 4.74 Å². The van der Waals surface area contributed by atoms with E-state index >= 15 is 0 Å². The van der Waals surface area contributed by atoms with Gasteiger partial charge in [-0.05, 0) is 24.6 Å². The molecule has 0 unspecified atom stereocenters. The van der Waals surface area contributed by atoms with Gasteiger partial charge in [0.2, 0.25) is 0 Å². The lowest BCUT2D eigenvalue weighted by Gasteiger charge is -2.06. The molecule has 0 bridgehead atoms. The monoisotopic (exact) mass is 370 g/mol. The average Bonchev–Trinajstić information content (AvgIpc) is 3.02. The summed E-state index contributed by atoms with van der Waals surface area (Å²) in [5.74, 6) is -0.278. The number of rotatable bonds is 6. The molecule has 0 saturated heterocycles. The van der Waals surface area contributed by atoms with Gasteiger partial charge in [0.15, 0.2) is 0 Å². The molecule has 3 aromatic rings. The number of benzene rings is 2. The third-order valence-corrected chi connectivity index (χ3v) is 5.06. The molecule has 2 aromatic carbocycles. The Kier molecular flexibility index (Phi) is 5.96. The van der Waals surface area contributed by atoms with Crippen LogP contribution in [0.4, 0.5) is 9.18 Å². The van der Waals surface area contributed by atoms with Crippen LogP contribution in [-0.2, 0) is 17.8 Å². The van der Waals surface area contributed by atoms with Crippen LogP contribution in [0.15, 0.2) is 54.6 Å². The summed E-state index contributed by atoms with van der Waals surface area (Å²) in [6, 6.07) is 15.9. The summed E-state index contributed by atoms with van der Waals surface area (Å²) in [4.78, 5) is 17.3. The molecule has 0 atom stereocenters. The van der Waals surface area contributed by atoms with Gasteiger partial charge < -0.3 is 10.1 Å². The van der Waals surface area contributed by atoms with Gasteiger partial charge in [0.05, 0.1) is 5.69 Å². The van der Waals surface area contributed by atoms with Crippen molar-refractivity contribution in [2.45, 2.75) is 20.0 Å². The zero-order valence-corrected chi connectivity index (χ0v) is 15.2. The van der Waals surface area contributed by atoms with Crippen LogP contribution in [0, 0.1) is 12.7 Å². The number of nitrogens with zero attached hydrogens (tertiary/aromatic N) is 1. The number of carbonyl (C=O) groups is 1. The summed E-state index contributed by atoms with van der Waals surface area (Å²) in [5.41, 5.74) is 2.61. The molecule has 3 rings (SSSR count). The summed E-state index contributed by atoms with van der Waals surface area (Å²) in [5, 5.41) is 3.53. The normalized spacial score (nSPS) is 10.5. The Bertz CT molecular complexity index is 881. The molecule has 0 aliphatic rings. The number of hydrogen-bond donors (Lipinski definition) is 1. The number of thiazole rings is 1. The first-order valence-corrected chi connectivity index (χ1v) is 9.10. The zero-order chi connectivity index (χ0) is 18.4. The van der Waals surface area contributed by atoms with Gasteiger partial charge in [-0.15, -0.1) is 11.3 Å². The van der Waals surface area contributed by atoms with Gasteiger partial charge in [-0.25, -0.2) is 14.2 Å². The van der Waals surface area contributed by atoms with Crippen molar-refractivity contribution in [1.82, 2.24) is 10.3 Å². The maximum absolute atomic E-state index is 13.4. The predicted octanol–water partition coefficient (Wildman–Crippen LogP) is 4.73. The Morgan fingerprint density at radius 1 is 1.19 bits per heavy atom. The van der Waals surface area contributed by atoms with Crippen LogP contribution in [0.25, 0.3) is 10.6 Å². The standard InChI is InChI=1S/C20H19FN2O2S/c1-14-18(26-19(23-14)16-8-5-9-17(21)12-16)10-11-22-20(24)25-13-15-6-3-2-4-7-15/h2-9,12H,10-11,13H2,1H3,(H,22,24). The van der Waals surface area contributed by atoms with Crippen molar-refractivity contribution in [3.05, 3.63) is 76.5 Å². The summed E-state index contributed by atoms with van der Waals surface area (Å²) in [6.07, 6.45) is 0.209. The molecule has 4 nitrogen and oxygen atoms in total. The molecular formula is C20H19FN2O2S. The highest BCUT2D eigenvalue weighted by atomic mass is 32.1. The number of amides is 1. The number of aromatic nitrogens is 1. The number of hydrogen-bond acceptors (Lipinski definition) is 4. The van der Waals surface area contributed by atoms with Gasteiger partial charge in [0, 0.05) is 23.4 Å². The molecule has 1 N–H and O–H groups in total. The summed E-state index contributed by atoms with van der Waals surface area (Å²) in [6.45, 7) is 2.62. The SMILES string of the molecule is Cc1nc(-c2cccc(F)c2)sc1CCNC(=O)OCc1ccccc1. The van der Waals surface area contributed by atoms with E-state index < -0.39 is 6.09 Å². The third-order valence-electron chi connectivity index (χ3n) is 3.80. The molecular weight excluding hydrogens is 351 g/mol. The molecule has 0 aliphatic heterocycles. The molecule has 26 heavy (non-hydrogen) atoms. The predicted molar refractivity (Wildman–Crippen MR) is 101 cm³/mol. The van der Waals surface area contributed by atoms with E-state index in [-0.39, 0.29) is 12.4 Å². The minimum absolute atomic E-state index is 0.246. The first-order chi connectivity index (χ1) is 12.6. The lowest BCUT2D eigenvalue weighted by molar-refractivity contribution is 0.140. The third kappa shape index (κ3) is 4.89. The van der Waals surface area contributed by atoms with E-state index in [1.807, 2.05) is 43.3 Å².